The van der Waals surface area contributed by atoms with E-state index in [2.05, 4.69) is 53.5 Å². The normalized spacial score (nSPS) is 11.0. The highest BCUT2D eigenvalue weighted by molar-refractivity contribution is 5.92. The minimum absolute atomic E-state index is 0.0942. The summed E-state index contributed by atoms with van der Waals surface area (Å²) >= 11 is 0. The lowest BCUT2D eigenvalue weighted by molar-refractivity contribution is 0.0946. The zero-order valence-corrected chi connectivity index (χ0v) is 17.2. The van der Waals surface area contributed by atoms with Crippen molar-refractivity contribution in [2.45, 2.75) is 32.7 Å². The number of carbonyl (C=O) groups is 1. The predicted octanol–water partition coefficient (Wildman–Crippen LogP) is 4.46. The molecule has 0 aliphatic heterocycles. The first kappa shape index (κ1) is 20.3. The lowest BCUT2D eigenvalue weighted by atomic mass is 9.87. The van der Waals surface area contributed by atoms with E-state index in [0.29, 0.717) is 18.2 Å². The predicted molar refractivity (Wildman–Crippen MR) is 115 cm³/mol. The van der Waals surface area contributed by atoms with Gasteiger partial charge in [-0.25, -0.2) is 9.97 Å². The first-order valence-corrected chi connectivity index (χ1v) is 9.47. The number of aromatic nitrogens is 2. The Morgan fingerprint density at radius 1 is 1.00 bits per heavy atom. The Morgan fingerprint density at radius 3 is 2.31 bits per heavy atom. The summed E-state index contributed by atoms with van der Waals surface area (Å²) in [5, 5.41) is 6.02. The van der Waals surface area contributed by atoms with Gasteiger partial charge in [0.2, 0.25) is 5.95 Å². The first-order valence-electron chi connectivity index (χ1n) is 9.47. The van der Waals surface area contributed by atoms with E-state index in [1.165, 1.54) is 5.56 Å². The Bertz CT molecular complexity index is 961. The van der Waals surface area contributed by atoms with Crippen LogP contribution in [-0.4, -0.2) is 23.0 Å². The fourth-order valence-electron chi connectivity index (χ4n) is 2.74. The van der Waals surface area contributed by atoms with E-state index in [1.807, 2.05) is 36.4 Å². The molecule has 2 aromatic carbocycles. The Hall–Kier alpha value is -3.41. The molecule has 1 amide bonds. The van der Waals surface area contributed by atoms with Gasteiger partial charge in [0.25, 0.3) is 5.91 Å². The number of hydrogen-bond acceptors (Lipinski definition) is 5. The molecular formula is C23H26N4O2. The van der Waals surface area contributed by atoms with Crippen LogP contribution in [0.4, 0.5) is 11.6 Å². The van der Waals surface area contributed by atoms with E-state index in [1.54, 1.807) is 19.4 Å². The van der Waals surface area contributed by atoms with Gasteiger partial charge in [0.05, 0.1) is 7.11 Å². The van der Waals surface area contributed by atoms with Crippen molar-refractivity contribution in [3.05, 3.63) is 77.6 Å². The van der Waals surface area contributed by atoms with Gasteiger partial charge in [0.15, 0.2) is 0 Å². The number of hydrogen-bond donors (Lipinski definition) is 2. The summed E-state index contributed by atoms with van der Waals surface area (Å²) in [6.07, 6.45) is 1.57. The molecule has 29 heavy (non-hydrogen) atoms. The van der Waals surface area contributed by atoms with Crippen LogP contribution in [0.15, 0.2) is 60.8 Å². The lowest BCUT2D eigenvalue weighted by Gasteiger charge is -2.19. The average Bonchev–Trinajstić information content (AvgIpc) is 2.72. The van der Waals surface area contributed by atoms with Crippen LogP contribution in [0.25, 0.3) is 0 Å². The van der Waals surface area contributed by atoms with E-state index in [0.717, 1.165) is 17.0 Å². The number of ether oxygens (including phenoxy) is 1. The zero-order chi connectivity index (χ0) is 20.9. The van der Waals surface area contributed by atoms with Crippen molar-refractivity contribution < 1.29 is 9.53 Å². The van der Waals surface area contributed by atoms with Crippen LogP contribution < -0.4 is 15.4 Å². The number of carbonyl (C=O) groups excluding carboxylic acids is 1. The zero-order valence-electron chi connectivity index (χ0n) is 17.2. The first-order chi connectivity index (χ1) is 13.8. The van der Waals surface area contributed by atoms with E-state index in [-0.39, 0.29) is 11.3 Å². The Labute approximate surface area is 171 Å². The van der Waals surface area contributed by atoms with E-state index >= 15 is 0 Å². The van der Waals surface area contributed by atoms with E-state index in [9.17, 15) is 4.79 Å². The monoisotopic (exact) mass is 390 g/mol. The van der Waals surface area contributed by atoms with Crippen LogP contribution in [0.2, 0.25) is 0 Å². The number of nitrogens with one attached hydrogen (secondary N) is 2. The van der Waals surface area contributed by atoms with Gasteiger partial charge in [-0.1, -0.05) is 45.0 Å². The van der Waals surface area contributed by atoms with Crippen LogP contribution in [0.5, 0.6) is 5.75 Å². The molecule has 3 aromatic rings. The van der Waals surface area contributed by atoms with Crippen LogP contribution >= 0.6 is 0 Å². The van der Waals surface area contributed by atoms with Crippen molar-refractivity contribution in [3.8, 4) is 5.75 Å². The highest BCUT2D eigenvalue weighted by atomic mass is 16.5. The summed E-state index contributed by atoms with van der Waals surface area (Å²) < 4.78 is 5.14. The molecule has 0 aliphatic carbocycles. The number of benzene rings is 2. The van der Waals surface area contributed by atoms with Gasteiger partial charge >= 0.3 is 0 Å². The number of amides is 1. The van der Waals surface area contributed by atoms with Gasteiger partial charge in [-0.2, -0.15) is 0 Å². The molecule has 0 spiro atoms. The van der Waals surface area contributed by atoms with Gasteiger partial charge in [-0.15, -0.1) is 0 Å². The number of anilines is 2. The third-order valence-electron chi connectivity index (χ3n) is 4.51. The van der Waals surface area contributed by atoms with Crippen LogP contribution in [0.3, 0.4) is 0 Å². The molecule has 0 bridgehead atoms. The van der Waals surface area contributed by atoms with Crippen LogP contribution in [0, 0.1) is 0 Å². The fraction of sp³-hybridized carbons (Fsp3) is 0.261. The molecule has 0 atom stereocenters. The molecule has 2 N–H and O–H groups in total. The number of rotatable bonds is 6. The minimum Gasteiger partial charge on any atom is -0.497 e. The quantitative estimate of drug-likeness (QED) is 0.650. The molecule has 150 valence electrons. The molecule has 6 nitrogen and oxygen atoms in total. The molecule has 3 rings (SSSR count). The lowest BCUT2D eigenvalue weighted by Crippen LogP contribution is -2.24. The highest BCUT2D eigenvalue weighted by Gasteiger charge is 2.13. The number of nitrogens with zero attached hydrogens (tertiary/aromatic N) is 2. The third kappa shape index (κ3) is 5.54. The van der Waals surface area contributed by atoms with Gasteiger partial charge < -0.3 is 15.4 Å². The molecule has 0 unspecified atom stereocenters. The van der Waals surface area contributed by atoms with E-state index in [4.69, 9.17) is 4.74 Å². The highest BCUT2D eigenvalue weighted by Crippen LogP contribution is 2.24. The molecule has 0 saturated heterocycles. The Balaban J connectivity index is 1.63. The molecule has 0 fully saturated rings. The summed E-state index contributed by atoms with van der Waals surface area (Å²) in [6.45, 7) is 6.93. The van der Waals surface area contributed by atoms with E-state index < -0.39 is 0 Å². The second-order valence-corrected chi connectivity index (χ2v) is 7.75. The maximum Gasteiger partial charge on any atom is 0.270 e. The second-order valence-electron chi connectivity index (χ2n) is 7.75. The SMILES string of the molecule is COc1ccc(CNC(=O)c2ccnc(Nc3ccc(C(C)(C)C)cc3)n2)cc1. The maximum atomic E-state index is 12.4. The van der Waals surface area contributed by atoms with Crippen molar-refractivity contribution in [3.63, 3.8) is 0 Å². The second kappa shape index (κ2) is 8.73. The van der Waals surface area contributed by atoms with Crippen molar-refractivity contribution in [2.75, 3.05) is 12.4 Å². The molecule has 0 aliphatic rings. The average molecular weight is 390 g/mol. The molecular weight excluding hydrogens is 364 g/mol. The van der Waals surface area contributed by atoms with Crippen molar-refractivity contribution in [2.24, 2.45) is 0 Å². The summed E-state index contributed by atoms with van der Waals surface area (Å²) in [5.41, 5.74) is 3.49. The molecule has 1 heterocycles. The van der Waals surface area contributed by atoms with Crippen LogP contribution in [-0.2, 0) is 12.0 Å². The molecule has 6 heteroatoms. The van der Waals surface area contributed by atoms with Gasteiger partial charge in [0.1, 0.15) is 11.4 Å². The van der Waals surface area contributed by atoms with Gasteiger partial charge in [-0.3, -0.25) is 4.79 Å². The number of methoxy groups -OCH3 is 1. The molecule has 0 saturated carbocycles. The summed E-state index contributed by atoms with van der Waals surface area (Å²) in [4.78, 5) is 21.0. The molecule has 0 radical (unpaired) electrons. The topological polar surface area (TPSA) is 76.1 Å². The third-order valence-corrected chi connectivity index (χ3v) is 4.51. The molecule has 1 aromatic heterocycles. The van der Waals surface area contributed by atoms with Crippen molar-refractivity contribution >= 4 is 17.5 Å². The summed E-state index contributed by atoms with van der Waals surface area (Å²) in [7, 11) is 1.62. The largest absolute Gasteiger partial charge is 0.497 e. The summed E-state index contributed by atoms with van der Waals surface area (Å²) in [5.74, 6) is 0.905. The summed E-state index contributed by atoms with van der Waals surface area (Å²) in [6, 6.07) is 17.3. The van der Waals surface area contributed by atoms with Gasteiger partial charge in [-0.05, 0) is 46.9 Å². The van der Waals surface area contributed by atoms with Crippen LogP contribution in [0.1, 0.15) is 42.4 Å². The maximum absolute atomic E-state index is 12.4. The van der Waals surface area contributed by atoms with Crippen molar-refractivity contribution in [1.29, 1.82) is 0 Å². The van der Waals surface area contributed by atoms with Gasteiger partial charge in [0, 0.05) is 18.4 Å². The Kier molecular flexibility index (Phi) is 6.12. The fourth-order valence-corrected chi connectivity index (χ4v) is 2.74. The smallest absolute Gasteiger partial charge is 0.270 e. The standard InChI is InChI=1S/C23H26N4O2/c1-23(2,3)17-7-9-18(10-8-17)26-22-24-14-13-20(27-22)21(28)25-15-16-5-11-19(29-4)12-6-16/h5-14H,15H2,1-4H3,(H,25,28)(H,24,26,27). The Morgan fingerprint density at radius 2 is 1.69 bits per heavy atom. The van der Waals surface area contributed by atoms with Crippen molar-refractivity contribution in [1.82, 2.24) is 15.3 Å². The minimum atomic E-state index is -0.255.